The van der Waals surface area contributed by atoms with Gasteiger partial charge in [0.1, 0.15) is 0 Å². The van der Waals surface area contributed by atoms with Gasteiger partial charge in [-0.1, -0.05) is 27.7 Å². The Morgan fingerprint density at radius 3 is 1.93 bits per heavy atom. The van der Waals surface area contributed by atoms with Gasteiger partial charge in [-0.15, -0.1) is 0 Å². The molecule has 2 rings (SSSR count). The van der Waals surface area contributed by atoms with Crippen molar-refractivity contribution < 1.29 is 4.79 Å². The molecule has 0 atom stereocenters. The lowest BCUT2D eigenvalue weighted by Crippen LogP contribution is -2.59. The first kappa shape index (κ1) is 10.9. The Morgan fingerprint density at radius 2 is 1.67 bits per heavy atom. The molecule has 0 aromatic heterocycles. The van der Waals surface area contributed by atoms with Crippen LogP contribution in [0.1, 0.15) is 47.0 Å². The highest BCUT2D eigenvalue weighted by Gasteiger charge is 2.66. The summed E-state index contributed by atoms with van der Waals surface area (Å²) in [5, 5.41) is 3.11. The lowest BCUT2D eigenvalue weighted by molar-refractivity contribution is -0.129. The Hall–Kier alpha value is -0.570. The number of rotatable bonds is 2. The van der Waals surface area contributed by atoms with Crippen LogP contribution in [0.3, 0.4) is 0 Å². The second kappa shape index (κ2) is 2.76. The van der Waals surface area contributed by atoms with E-state index in [4.69, 9.17) is 5.73 Å². The lowest BCUT2D eigenvalue weighted by atomic mass is 9.77. The number of nitrogens with two attached hydrogens (primary N) is 1. The molecule has 0 bridgehead atoms. The van der Waals surface area contributed by atoms with E-state index in [1.807, 2.05) is 0 Å². The number of carbonyl (C=O) groups excluding carboxylic acids is 1. The maximum atomic E-state index is 11.9. The third kappa shape index (κ3) is 1.32. The van der Waals surface area contributed by atoms with Gasteiger partial charge in [0.2, 0.25) is 5.91 Å². The number of nitrogens with one attached hydrogen (secondary N) is 1. The first-order valence-corrected chi connectivity index (χ1v) is 5.82. The van der Waals surface area contributed by atoms with Crippen molar-refractivity contribution >= 4 is 5.91 Å². The highest BCUT2D eigenvalue weighted by molar-refractivity contribution is 5.87. The Labute approximate surface area is 91.8 Å². The van der Waals surface area contributed by atoms with Crippen LogP contribution in [-0.2, 0) is 4.79 Å². The molecule has 0 aliphatic heterocycles. The largest absolute Gasteiger partial charge is 0.351 e. The van der Waals surface area contributed by atoms with Gasteiger partial charge in [-0.3, -0.25) is 4.79 Å². The van der Waals surface area contributed by atoms with Gasteiger partial charge in [0, 0.05) is 6.04 Å². The summed E-state index contributed by atoms with van der Waals surface area (Å²) in [6.07, 6.45) is 2.76. The Bertz CT molecular complexity index is 289. The first-order valence-electron chi connectivity index (χ1n) is 5.82. The summed E-state index contributed by atoms with van der Waals surface area (Å²) in [6.45, 7) is 8.79. The summed E-state index contributed by atoms with van der Waals surface area (Å²) in [6, 6.07) is 0.276. The SMILES string of the molecule is CC1(C)C(NC(=O)C2(N)CCC2)C1(C)C. The van der Waals surface area contributed by atoms with Crippen molar-refractivity contribution in [3.63, 3.8) is 0 Å². The van der Waals surface area contributed by atoms with E-state index >= 15 is 0 Å². The minimum Gasteiger partial charge on any atom is -0.351 e. The topological polar surface area (TPSA) is 55.1 Å². The molecule has 2 aliphatic carbocycles. The molecule has 0 aromatic carbocycles. The summed E-state index contributed by atoms with van der Waals surface area (Å²) in [5.74, 6) is 0.0531. The van der Waals surface area contributed by atoms with Gasteiger partial charge < -0.3 is 11.1 Å². The lowest BCUT2D eigenvalue weighted by Gasteiger charge is -2.36. The second-order valence-electron chi connectivity index (χ2n) is 6.36. The molecular formula is C12H22N2O. The molecule has 0 spiro atoms. The molecule has 0 radical (unpaired) electrons. The smallest absolute Gasteiger partial charge is 0.240 e. The Balaban J connectivity index is 1.97. The van der Waals surface area contributed by atoms with Crippen LogP contribution >= 0.6 is 0 Å². The first-order chi connectivity index (χ1) is 6.72. The average Bonchev–Trinajstić information content (AvgIpc) is 2.43. The Morgan fingerprint density at radius 1 is 1.20 bits per heavy atom. The van der Waals surface area contributed by atoms with Crippen LogP contribution in [0.15, 0.2) is 0 Å². The summed E-state index contributed by atoms with van der Waals surface area (Å²) >= 11 is 0. The normalized spacial score (nSPS) is 30.5. The summed E-state index contributed by atoms with van der Waals surface area (Å²) in [5.41, 5.74) is 5.82. The van der Waals surface area contributed by atoms with Crippen molar-refractivity contribution in [2.75, 3.05) is 0 Å². The minimum absolute atomic E-state index is 0.0531. The van der Waals surface area contributed by atoms with Gasteiger partial charge in [0.05, 0.1) is 5.54 Å². The van der Waals surface area contributed by atoms with Crippen molar-refractivity contribution in [3.05, 3.63) is 0 Å². The third-order valence-electron chi connectivity index (χ3n) is 4.99. The third-order valence-corrected chi connectivity index (χ3v) is 4.99. The van der Waals surface area contributed by atoms with Gasteiger partial charge in [-0.25, -0.2) is 0 Å². The van der Waals surface area contributed by atoms with Gasteiger partial charge in [0.25, 0.3) is 0 Å². The fraction of sp³-hybridized carbons (Fsp3) is 0.917. The van der Waals surface area contributed by atoms with Crippen molar-refractivity contribution in [3.8, 4) is 0 Å². The van der Waals surface area contributed by atoms with E-state index in [0.717, 1.165) is 19.3 Å². The summed E-state index contributed by atoms with van der Waals surface area (Å²) in [4.78, 5) is 11.9. The van der Waals surface area contributed by atoms with E-state index < -0.39 is 5.54 Å². The predicted molar refractivity (Wildman–Crippen MR) is 60.3 cm³/mol. The molecule has 0 aromatic rings. The van der Waals surface area contributed by atoms with Crippen molar-refractivity contribution in [2.45, 2.75) is 58.5 Å². The number of hydrogen-bond acceptors (Lipinski definition) is 2. The van der Waals surface area contributed by atoms with Crippen LogP contribution in [0.5, 0.6) is 0 Å². The molecule has 0 heterocycles. The maximum Gasteiger partial charge on any atom is 0.240 e. The molecule has 2 aliphatic rings. The Kier molecular flexibility index (Phi) is 2.01. The molecule has 2 fully saturated rings. The van der Waals surface area contributed by atoms with E-state index in [1.165, 1.54) is 0 Å². The number of hydrogen-bond donors (Lipinski definition) is 2. The van der Waals surface area contributed by atoms with E-state index in [1.54, 1.807) is 0 Å². The quantitative estimate of drug-likeness (QED) is 0.724. The average molecular weight is 210 g/mol. The fourth-order valence-electron chi connectivity index (χ4n) is 2.62. The molecule has 15 heavy (non-hydrogen) atoms. The van der Waals surface area contributed by atoms with Crippen LogP contribution in [0, 0.1) is 10.8 Å². The zero-order valence-corrected chi connectivity index (χ0v) is 10.2. The monoisotopic (exact) mass is 210 g/mol. The molecule has 2 saturated carbocycles. The van der Waals surface area contributed by atoms with E-state index in [2.05, 4.69) is 33.0 Å². The van der Waals surface area contributed by atoms with Crippen LogP contribution in [-0.4, -0.2) is 17.5 Å². The standard InChI is InChI=1S/C12H22N2O/c1-10(2)8(11(10,3)4)14-9(15)12(13)6-5-7-12/h8H,5-7,13H2,1-4H3,(H,14,15). The van der Waals surface area contributed by atoms with Crippen molar-refractivity contribution in [1.29, 1.82) is 0 Å². The molecular weight excluding hydrogens is 188 g/mol. The van der Waals surface area contributed by atoms with Crippen molar-refractivity contribution in [1.82, 2.24) is 5.32 Å². The molecule has 3 heteroatoms. The molecule has 86 valence electrons. The molecule has 0 unspecified atom stereocenters. The molecule has 1 amide bonds. The summed E-state index contributed by atoms with van der Waals surface area (Å²) in [7, 11) is 0. The molecule has 0 saturated heterocycles. The number of amides is 1. The van der Waals surface area contributed by atoms with Crippen LogP contribution < -0.4 is 11.1 Å². The van der Waals surface area contributed by atoms with Crippen LogP contribution in [0.4, 0.5) is 0 Å². The van der Waals surface area contributed by atoms with Crippen molar-refractivity contribution in [2.24, 2.45) is 16.6 Å². The van der Waals surface area contributed by atoms with Gasteiger partial charge in [-0.2, -0.15) is 0 Å². The summed E-state index contributed by atoms with van der Waals surface area (Å²) < 4.78 is 0. The van der Waals surface area contributed by atoms with Crippen LogP contribution in [0.2, 0.25) is 0 Å². The maximum absolute atomic E-state index is 11.9. The van der Waals surface area contributed by atoms with E-state index in [-0.39, 0.29) is 22.8 Å². The van der Waals surface area contributed by atoms with E-state index in [9.17, 15) is 4.79 Å². The van der Waals surface area contributed by atoms with Gasteiger partial charge >= 0.3 is 0 Å². The molecule has 3 N–H and O–H groups in total. The highest BCUT2D eigenvalue weighted by atomic mass is 16.2. The van der Waals surface area contributed by atoms with Crippen LogP contribution in [0.25, 0.3) is 0 Å². The second-order valence-corrected chi connectivity index (χ2v) is 6.36. The van der Waals surface area contributed by atoms with Gasteiger partial charge in [-0.05, 0) is 30.1 Å². The zero-order chi connectivity index (χ0) is 11.5. The van der Waals surface area contributed by atoms with E-state index in [0.29, 0.717) is 0 Å². The fourth-order valence-corrected chi connectivity index (χ4v) is 2.62. The number of carbonyl (C=O) groups is 1. The van der Waals surface area contributed by atoms with Gasteiger partial charge in [0.15, 0.2) is 0 Å². The molecule has 3 nitrogen and oxygen atoms in total. The zero-order valence-electron chi connectivity index (χ0n) is 10.2. The highest BCUT2D eigenvalue weighted by Crippen LogP contribution is 2.62. The minimum atomic E-state index is -0.561. The predicted octanol–water partition coefficient (Wildman–Crippen LogP) is 1.42.